The molecular formula is C7H18N2O8S2. The van der Waals surface area contributed by atoms with Gasteiger partial charge in [-0.2, -0.15) is 16.8 Å². The largest absolute Gasteiger partial charge is 0.370 e. The van der Waals surface area contributed by atoms with Gasteiger partial charge in [-0.3, -0.25) is 18.7 Å². The minimum absolute atomic E-state index is 0.245. The third kappa shape index (κ3) is 47.6. The highest BCUT2D eigenvalue weighted by molar-refractivity contribution is 8.02. The molecule has 19 heavy (non-hydrogen) atoms. The molecule has 0 spiro atoms. The van der Waals surface area contributed by atoms with Crippen molar-refractivity contribution in [3.05, 3.63) is 0 Å². The van der Waals surface area contributed by atoms with Gasteiger partial charge in [0.15, 0.2) is 0 Å². The highest BCUT2D eigenvalue weighted by Crippen LogP contribution is 1.88. The summed E-state index contributed by atoms with van der Waals surface area (Å²) in [6.07, 6.45) is 0.889. The average molecular weight is 322 g/mol. The zero-order chi connectivity index (χ0) is 16.3. The standard InChI is InChI=1S/2C3H7NO.CH4O6S2/c2*1-2-3(4)5;2-8(3,4)1-9(5,6)7/h2*2H2,1H3,(H2,4,5);1H2,(H,2,3,4)(H,5,6,7). The van der Waals surface area contributed by atoms with Gasteiger partial charge in [0.1, 0.15) is 0 Å². The fourth-order valence-electron chi connectivity index (χ4n) is 0.188. The summed E-state index contributed by atoms with van der Waals surface area (Å²) in [6.45, 7) is 3.45. The van der Waals surface area contributed by atoms with E-state index >= 15 is 0 Å². The maximum atomic E-state index is 9.66. The van der Waals surface area contributed by atoms with Crippen molar-refractivity contribution in [1.29, 1.82) is 0 Å². The van der Waals surface area contributed by atoms with E-state index in [1.165, 1.54) is 0 Å². The summed E-state index contributed by atoms with van der Waals surface area (Å²) in [5.74, 6) is -0.491. The van der Waals surface area contributed by atoms with Gasteiger partial charge in [-0.15, -0.1) is 0 Å². The number of amides is 2. The number of hydrogen-bond donors (Lipinski definition) is 4. The van der Waals surface area contributed by atoms with Gasteiger partial charge < -0.3 is 11.5 Å². The Morgan fingerprint density at radius 1 is 0.842 bits per heavy atom. The van der Waals surface area contributed by atoms with Crippen molar-refractivity contribution >= 4 is 32.1 Å². The maximum Gasteiger partial charge on any atom is 0.281 e. The van der Waals surface area contributed by atoms with Crippen molar-refractivity contribution in [3.8, 4) is 0 Å². The van der Waals surface area contributed by atoms with E-state index in [-0.39, 0.29) is 11.8 Å². The van der Waals surface area contributed by atoms with Gasteiger partial charge in [0.05, 0.1) is 0 Å². The third-order valence-corrected chi connectivity index (χ3v) is 3.38. The van der Waals surface area contributed by atoms with Crippen molar-refractivity contribution in [2.45, 2.75) is 26.7 Å². The first-order chi connectivity index (χ1) is 8.25. The smallest absolute Gasteiger partial charge is 0.281 e. The normalized spacial score (nSPS) is 10.3. The van der Waals surface area contributed by atoms with Crippen molar-refractivity contribution in [1.82, 2.24) is 0 Å². The summed E-state index contributed by atoms with van der Waals surface area (Å²) in [7, 11) is -9.24. The molecule has 0 rings (SSSR count). The lowest BCUT2D eigenvalue weighted by Crippen LogP contribution is -2.13. The Balaban J connectivity index is -0.000000219. The average Bonchev–Trinajstić information content (AvgIpc) is 2.13. The third-order valence-electron chi connectivity index (χ3n) is 0.995. The number of carbonyl (C=O) groups is 2. The van der Waals surface area contributed by atoms with E-state index in [1.807, 2.05) is 0 Å². The van der Waals surface area contributed by atoms with E-state index in [9.17, 15) is 26.4 Å². The summed E-state index contributed by atoms with van der Waals surface area (Å²) < 4.78 is 54.2. The lowest BCUT2D eigenvalue weighted by Gasteiger charge is -1.89. The molecule has 0 unspecified atom stereocenters. The molecule has 0 radical (unpaired) electrons. The number of nitrogens with two attached hydrogens (primary N) is 2. The molecule has 0 aromatic carbocycles. The molecule has 0 aromatic rings. The molecule has 0 saturated carbocycles. The molecule has 0 aromatic heterocycles. The zero-order valence-electron chi connectivity index (χ0n) is 10.4. The number of hydrogen-bond acceptors (Lipinski definition) is 6. The Bertz CT molecular complexity index is 423. The molecule has 0 aliphatic rings. The Morgan fingerprint density at radius 2 is 1.00 bits per heavy atom. The van der Waals surface area contributed by atoms with E-state index in [2.05, 4.69) is 11.5 Å². The Hall–Kier alpha value is -1.24. The lowest BCUT2D eigenvalue weighted by molar-refractivity contribution is -0.118. The number of carbonyl (C=O) groups excluding carboxylic acids is 2. The molecule has 0 aliphatic heterocycles. The first-order valence-corrected chi connectivity index (χ1v) is 7.93. The molecule has 0 saturated heterocycles. The summed E-state index contributed by atoms with van der Waals surface area (Å²) in [5, 5.41) is -1.65. The van der Waals surface area contributed by atoms with Crippen LogP contribution in [-0.4, -0.2) is 42.8 Å². The Morgan fingerprint density at radius 3 is 1.00 bits per heavy atom. The lowest BCUT2D eigenvalue weighted by atomic mass is 10.5. The molecule has 12 heteroatoms. The minimum atomic E-state index is -4.62. The quantitative estimate of drug-likeness (QED) is 0.447. The summed E-state index contributed by atoms with van der Waals surface area (Å²) in [5.41, 5.74) is 9.31. The molecule has 0 aliphatic carbocycles. The van der Waals surface area contributed by atoms with E-state index in [4.69, 9.17) is 9.11 Å². The van der Waals surface area contributed by atoms with Gasteiger partial charge in [-0.05, 0) is 0 Å². The fourth-order valence-corrected chi connectivity index (χ4v) is 1.69. The summed E-state index contributed by atoms with van der Waals surface area (Å²) >= 11 is 0. The van der Waals surface area contributed by atoms with Crippen molar-refractivity contribution in [2.75, 3.05) is 5.08 Å². The van der Waals surface area contributed by atoms with Gasteiger partial charge in [-0.1, -0.05) is 13.8 Å². The van der Waals surface area contributed by atoms with E-state index in [0.29, 0.717) is 12.8 Å². The molecular weight excluding hydrogens is 304 g/mol. The number of rotatable bonds is 4. The van der Waals surface area contributed by atoms with Crippen LogP contribution in [0.1, 0.15) is 26.7 Å². The molecule has 10 nitrogen and oxygen atoms in total. The maximum absolute atomic E-state index is 9.66. The van der Waals surface area contributed by atoms with Crippen LogP contribution < -0.4 is 11.5 Å². The monoisotopic (exact) mass is 322 g/mol. The predicted molar refractivity (Wildman–Crippen MR) is 66.9 cm³/mol. The highest BCUT2D eigenvalue weighted by atomic mass is 32.3. The van der Waals surface area contributed by atoms with Gasteiger partial charge in [0.2, 0.25) is 16.9 Å². The summed E-state index contributed by atoms with van der Waals surface area (Å²) in [4.78, 5) is 19.2. The first-order valence-electron chi connectivity index (χ1n) is 4.72. The molecule has 116 valence electrons. The van der Waals surface area contributed by atoms with Crippen molar-refractivity contribution in [3.63, 3.8) is 0 Å². The zero-order valence-corrected chi connectivity index (χ0v) is 12.1. The SMILES string of the molecule is CCC(N)=O.CCC(N)=O.O=S(=O)(O)CS(=O)(=O)O. The summed E-state index contributed by atoms with van der Waals surface area (Å²) in [6, 6.07) is 0. The van der Waals surface area contributed by atoms with Crippen LogP contribution in [0.4, 0.5) is 0 Å². The Kier molecular flexibility index (Phi) is 12.8. The van der Waals surface area contributed by atoms with Gasteiger partial charge in [0.25, 0.3) is 20.2 Å². The highest BCUT2D eigenvalue weighted by Gasteiger charge is 2.15. The Labute approximate surface area is 111 Å². The van der Waals surface area contributed by atoms with Crippen LogP contribution in [0.2, 0.25) is 0 Å². The van der Waals surface area contributed by atoms with Gasteiger partial charge >= 0.3 is 0 Å². The molecule has 0 heterocycles. The van der Waals surface area contributed by atoms with Crippen LogP contribution in [0.3, 0.4) is 0 Å². The van der Waals surface area contributed by atoms with Crippen molar-refractivity contribution < 1.29 is 35.5 Å². The van der Waals surface area contributed by atoms with Crippen molar-refractivity contribution in [2.24, 2.45) is 11.5 Å². The van der Waals surface area contributed by atoms with E-state index in [1.54, 1.807) is 13.8 Å². The van der Waals surface area contributed by atoms with Gasteiger partial charge in [0, 0.05) is 12.8 Å². The second-order valence-corrected chi connectivity index (χ2v) is 6.19. The van der Waals surface area contributed by atoms with E-state index in [0.717, 1.165) is 0 Å². The fraction of sp³-hybridized carbons (Fsp3) is 0.714. The molecule has 0 bridgehead atoms. The predicted octanol–water partition coefficient (Wildman–Crippen LogP) is -1.52. The van der Waals surface area contributed by atoms with E-state index < -0.39 is 25.3 Å². The first kappa shape index (κ1) is 22.9. The molecule has 0 fully saturated rings. The molecule has 2 amide bonds. The van der Waals surface area contributed by atoms with Crippen LogP contribution in [0.15, 0.2) is 0 Å². The van der Waals surface area contributed by atoms with Crippen LogP contribution in [0.5, 0.6) is 0 Å². The van der Waals surface area contributed by atoms with Crippen LogP contribution in [0, 0.1) is 0 Å². The van der Waals surface area contributed by atoms with Crippen LogP contribution in [0.25, 0.3) is 0 Å². The molecule has 6 N–H and O–H groups in total. The minimum Gasteiger partial charge on any atom is -0.370 e. The second kappa shape index (κ2) is 10.7. The molecule has 0 atom stereocenters. The van der Waals surface area contributed by atoms with Crippen LogP contribution in [-0.2, 0) is 29.8 Å². The van der Waals surface area contributed by atoms with Gasteiger partial charge in [-0.25, -0.2) is 0 Å². The topological polar surface area (TPSA) is 195 Å². The second-order valence-electron chi connectivity index (χ2n) is 2.92. The number of primary amides is 2. The van der Waals surface area contributed by atoms with Crippen LogP contribution >= 0.6 is 0 Å².